The van der Waals surface area contributed by atoms with E-state index in [1.807, 2.05) is 91.0 Å². The van der Waals surface area contributed by atoms with Crippen LogP contribution in [0.3, 0.4) is 0 Å². The number of carbonyl (C=O) groups is 1. The van der Waals surface area contributed by atoms with Gasteiger partial charge in [-0.1, -0.05) is 60.7 Å². The van der Waals surface area contributed by atoms with Crippen LogP contribution >= 0.6 is 10.3 Å². The second-order valence-corrected chi connectivity index (χ2v) is 11.4. The molecule has 0 aliphatic heterocycles. The zero-order valence-electron chi connectivity index (χ0n) is 17.8. The van der Waals surface area contributed by atoms with Crippen LogP contribution in [0.1, 0.15) is 13.3 Å². The van der Waals surface area contributed by atoms with Crippen molar-refractivity contribution in [3.8, 4) is 0 Å². The molecule has 0 radical (unpaired) electrons. The van der Waals surface area contributed by atoms with Crippen molar-refractivity contribution >= 4 is 26.4 Å². The highest BCUT2D eigenvalue weighted by molar-refractivity contribution is 8.33. The Bertz CT molecular complexity index is 1030. The van der Waals surface area contributed by atoms with Gasteiger partial charge < -0.3 is 4.74 Å². The molecular formula is C25H26O5S2. The zero-order chi connectivity index (χ0) is 22.9. The molecule has 0 atom stereocenters. The van der Waals surface area contributed by atoms with Crippen molar-refractivity contribution in [1.29, 1.82) is 0 Å². The summed E-state index contributed by atoms with van der Waals surface area (Å²) in [6, 6.07) is 28.3. The van der Waals surface area contributed by atoms with Crippen LogP contribution < -0.4 is 0 Å². The third kappa shape index (κ3) is 5.88. The molecule has 0 spiro atoms. The zero-order valence-corrected chi connectivity index (χ0v) is 19.4. The van der Waals surface area contributed by atoms with Crippen LogP contribution in [0.2, 0.25) is 0 Å². The number of rotatable bonds is 10. The highest BCUT2D eigenvalue weighted by Gasteiger charge is 2.37. The molecule has 0 amide bonds. The van der Waals surface area contributed by atoms with E-state index in [1.54, 1.807) is 13.0 Å². The minimum Gasteiger partial charge on any atom is -0.463 e. The van der Waals surface area contributed by atoms with Gasteiger partial charge in [0.05, 0.1) is 12.4 Å². The van der Waals surface area contributed by atoms with Gasteiger partial charge in [-0.25, -0.2) is 8.42 Å². The highest BCUT2D eigenvalue weighted by atomic mass is 32.3. The number of esters is 1. The smallest absolute Gasteiger partial charge is 0.330 e. The fraction of sp³-hybridized carbons (Fsp3) is 0.160. The quantitative estimate of drug-likeness (QED) is 0.215. The molecule has 0 aliphatic rings. The fourth-order valence-corrected chi connectivity index (χ4v) is 8.51. The summed E-state index contributed by atoms with van der Waals surface area (Å²) in [6.07, 6.45) is 3.00. The molecule has 168 valence electrons. The van der Waals surface area contributed by atoms with Gasteiger partial charge in [0.25, 0.3) is 10.1 Å². The van der Waals surface area contributed by atoms with E-state index in [0.29, 0.717) is 0 Å². The summed E-state index contributed by atoms with van der Waals surface area (Å²) in [4.78, 5) is 13.8. The minimum atomic E-state index is -3.97. The lowest BCUT2D eigenvalue weighted by molar-refractivity contribution is -0.137. The van der Waals surface area contributed by atoms with E-state index < -0.39 is 26.4 Å². The van der Waals surface area contributed by atoms with Gasteiger partial charge in [-0.2, -0.15) is 8.42 Å². The minimum absolute atomic E-state index is 0.00386. The summed E-state index contributed by atoms with van der Waals surface area (Å²) >= 11 is 0. The maximum atomic E-state index is 13.2. The van der Waals surface area contributed by atoms with Crippen LogP contribution in [-0.4, -0.2) is 26.7 Å². The molecule has 0 aromatic heterocycles. The number of benzene rings is 3. The molecule has 7 heteroatoms. The molecule has 0 unspecified atom stereocenters. The summed E-state index contributed by atoms with van der Waals surface area (Å²) in [5, 5.41) is 0. The predicted molar refractivity (Wildman–Crippen MR) is 127 cm³/mol. The van der Waals surface area contributed by atoms with Crippen molar-refractivity contribution in [2.45, 2.75) is 28.0 Å². The molecule has 3 aromatic carbocycles. The molecule has 0 bridgehead atoms. The predicted octanol–water partition coefficient (Wildman–Crippen LogP) is 5.74. The lowest BCUT2D eigenvalue weighted by Gasteiger charge is -2.39. The molecule has 0 saturated heterocycles. The Hall–Kier alpha value is -2.87. The summed E-state index contributed by atoms with van der Waals surface area (Å²) in [7, 11) is -6.53. The average Bonchev–Trinajstić information content (AvgIpc) is 2.82. The van der Waals surface area contributed by atoms with Crippen molar-refractivity contribution in [3.63, 3.8) is 0 Å². The van der Waals surface area contributed by atoms with Crippen LogP contribution in [0.15, 0.2) is 118 Å². The molecule has 0 fully saturated rings. The first kappa shape index (κ1) is 23.8. The normalized spacial score (nSPS) is 12.5. The lowest BCUT2D eigenvalue weighted by atomic mass is 10.4. The number of hydrogen-bond donors (Lipinski definition) is 0. The van der Waals surface area contributed by atoms with Crippen molar-refractivity contribution in [2.75, 3.05) is 12.4 Å². The van der Waals surface area contributed by atoms with E-state index in [2.05, 4.69) is 0 Å². The number of carbonyl (C=O) groups excluding carboxylic acids is 1. The van der Waals surface area contributed by atoms with Crippen LogP contribution in [0.4, 0.5) is 0 Å². The Morgan fingerprint density at radius 3 is 1.62 bits per heavy atom. The Kier molecular flexibility index (Phi) is 8.27. The van der Waals surface area contributed by atoms with Gasteiger partial charge in [-0.3, -0.25) is 0 Å². The number of allylic oxidation sites excluding steroid dienone is 1. The standard InChI is InChI=1S/C25H26O5S2/c1-2-13-25(26)29-20-12-21-31(27,28)30-32(22-14-6-3-7-15-22,23-16-8-4-9-17-23)24-18-10-5-11-19-24/h2-11,13-19H,12,20-21H2,1H3. The van der Waals surface area contributed by atoms with E-state index in [1.165, 1.54) is 6.08 Å². The van der Waals surface area contributed by atoms with E-state index in [4.69, 9.17) is 8.37 Å². The van der Waals surface area contributed by atoms with Crippen LogP contribution in [0.5, 0.6) is 0 Å². The van der Waals surface area contributed by atoms with Crippen LogP contribution in [0, 0.1) is 0 Å². The molecule has 5 nitrogen and oxygen atoms in total. The SMILES string of the molecule is CC=CC(=O)OCCCS(=O)(=O)OS(c1ccccc1)(c1ccccc1)c1ccccc1. The largest absolute Gasteiger partial charge is 0.463 e. The van der Waals surface area contributed by atoms with Crippen LogP contribution in [-0.2, 0) is 23.3 Å². The lowest BCUT2D eigenvalue weighted by Crippen LogP contribution is -2.18. The highest BCUT2D eigenvalue weighted by Crippen LogP contribution is 2.69. The van der Waals surface area contributed by atoms with Crippen molar-refractivity contribution in [2.24, 2.45) is 0 Å². The third-order valence-corrected chi connectivity index (χ3v) is 9.76. The van der Waals surface area contributed by atoms with Gasteiger partial charge in [0.2, 0.25) is 0 Å². The van der Waals surface area contributed by atoms with Gasteiger partial charge in [0.15, 0.2) is 0 Å². The second-order valence-electron chi connectivity index (χ2n) is 6.85. The fourth-order valence-electron chi connectivity index (χ4n) is 3.14. The monoisotopic (exact) mass is 470 g/mol. The molecule has 3 aromatic rings. The van der Waals surface area contributed by atoms with Crippen molar-refractivity contribution < 1.29 is 21.6 Å². The van der Waals surface area contributed by atoms with Gasteiger partial charge in [0, 0.05) is 20.8 Å². The number of ether oxygens (including phenoxy) is 1. The van der Waals surface area contributed by atoms with E-state index in [0.717, 1.165) is 14.7 Å². The Labute approximate surface area is 191 Å². The molecule has 32 heavy (non-hydrogen) atoms. The first-order chi connectivity index (χ1) is 15.5. The Morgan fingerprint density at radius 1 is 0.781 bits per heavy atom. The van der Waals surface area contributed by atoms with Crippen molar-refractivity contribution in [3.05, 3.63) is 103 Å². The molecule has 0 aliphatic carbocycles. The molecule has 0 heterocycles. The van der Waals surface area contributed by atoms with Crippen LogP contribution in [0.25, 0.3) is 0 Å². The molecule has 0 saturated carbocycles. The maximum absolute atomic E-state index is 13.2. The summed E-state index contributed by atoms with van der Waals surface area (Å²) in [6.45, 7) is 1.70. The first-order valence-corrected chi connectivity index (χ1v) is 13.3. The van der Waals surface area contributed by atoms with Gasteiger partial charge in [0.1, 0.15) is 0 Å². The van der Waals surface area contributed by atoms with E-state index in [-0.39, 0.29) is 18.8 Å². The average molecular weight is 471 g/mol. The van der Waals surface area contributed by atoms with E-state index in [9.17, 15) is 13.2 Å². The molecule has 3 rings (SSSR count). The van der Waals surface area contributed by atoms with E-state index >= 15 is 0 Å². The maximum Gasteiger partial charge on any atom is 0.330 e. The number of hydrogen-bond acceptors (Lipinski definition) is 5. The molecular weight excluding hydrogens is 444 g/mol. The van der Waals surface area contributed by atoms with Gasteiger partial charge in [-0.15, -0.1) is 0 Å². The Balaban J connectivity index is 1.99. The summed E-state index contributed by atoms with van der Waals surface area (Å²) in [5.41, 5.74) is 0. The Morgan fingerprint density at radius 2 is 1.22 bits per heavy atom. The van der Waals surface area contributed by atoms with Crippen molar-refractivity contribution in [1.82, 2.24) is 0 Å². The van der Waals surface area contributed by atoms with Gasteiger partial charge in [-0.05, 0) is 60.1 Å². The second kappa shape index (κ2) is 11.1. The first-order valence-electron chi connectivity index (χ1n) is 10.2. The topological polar surface area (TPSA) is 69.7 Å². The summed E-state index contributed by atoms with van der Waals surface area (Å²) in [5.74, 6) is -0.763. The van der Waals surface area contributed by atoms with Gasteiger partial charge >= 0.3 is 5.97 Å². The summed E-state index contributed by atoms with van der Waals surface area (Å²) < 4.78 is 37.5. The third-order valence-electron chi connectivity index (χ3n) is 4.52. The molecule has 0 N–H and O–H groups in total.